The van der Waals surface area contributed by atoms with E-state index in [0.29, 0.717) is 13.0 Å². The molecule has 0 bridgehead atoms. The predicted octanol–water partition coefficient (Wildman–Crippen LogP) is 8.44. The van der Waals surface area contributed by atoms with Gasteiger partial charge in [-0.2, -0.15) is 0 Å². The van der Waals surface area contributed by atoms with Gasteiger partial charge in [0.15, 0.2) is 12.4 Å². The highest BCUT2D eigenvalue weighted by Crippen LogP contribution is 2.14. The second kappa shape index (κ2) is 26.0. The van der Waals surface area contributed by atoms with Crippen molar-refractivity contribution in [2.75, 3.05) is 6.54 Å². The van der Waals surface area contributed by atoms with Crippen molar-refractivity contribution < 1.29 is 14.2 Å². The number of carbonyl (C=O) groups excluding carboxylic acids is 2. The maximum atomic E-state index is 12.8. The Labute approximate surface area is 247 Å². The molecule has 2 N–H and O–H groups in total. The van der Waals surface area contributed by atoms with Gasteiger partial charge in [0.1, 0.15) is 12.6 Å². The van der Waals surface area contributed by atoms with Crippen LogP contribution in [0.25, 0.3) is 0 Å². The van der Waals surface area contributed by atoms with Crippen LogP contribution in [0.4, 0.5) is 0 Å². The highest BCUT2D eigenvalue weighted by atomic mass is 16.2. The van der Waals surface area contributed by atoms with Crippen LogP contribution in [-0.2, 0) is 16.1 Å². The number of aromatic nitrogens is 1. The molecule has 0 unspecified atom stereocenters. The molecule has 0 aliphatic rings. The quantitative estimate of drug-likeness (QED) is 0.0840. The topological polar surface area (TPSA) is 62.1 Å². The van der Waals surface area contributed by atoms with Gasteiger partial charge >= 0.3 is 0 Å². The zero-order valence-corrected chi connectivity index (χ0v) is 26.6. The monoisotopic (exact) mass is 558 g/mol. The summed E-state index contributed by atoms with van der Waals surface area (Å²) >= 11 is 0. The first-order chi connectivity index (χ1) is 19.6. The van der Waals surface area contributed by atoms with Gasteiger partial charge in [-0.05, 0) is 25.2 Å². The molecule has 40 heavy (non-hydrogen) atoms. The van der Waals surface area contributed by atoms with Crippen molar-refractivity contribution >= 4 is 11.8 Å². The van der Waals surface area contributed by atoms with Crippen LogP contribution >= 0.6 is 0 Å². The largest absolute Gasteiger partial charge is 0.354 e. The molecule has 0 spiro atoms. The number of rotatable bonds is 27. The zero-order chi connectivity index (χ0) is 29.1. The summed E-state index contributed by atoms with van der Waals surface area (Å²) in [6.07, 6.45) is 30.0. The Balaban J connectivity index is 2.03. The molecule has 5 heteroatoms. The normalized spacial score (nSPS) is 12.7. The first-order valence-electron chi connectivity index (χ1n) is 17.1. The standard InChI is InChI=1S/C35H63N3O2/c1-4-6-7-8-9-10-11-12-13-14-15-16-17-18-19-23-28-36-35(40)34(32(3)5-2)37-33(39)27-22-20-24-29-38-30-25-21-26-31-38/h21,25-26,30-32,34H,4-20,22-24,27-29H2,1-3H3,(H-,36,37,39,40)/p+1/t32-,34-/m0/s1. The molecule has 0 saturated heterocycles. The Hall–Kier alpha value is -1.91. The van der Waals surface area contributed by atoms with Crippen LogP contribution in [-0.4, -0.2) is 24.4 Å². The van der Waals surface area contributed by atoms with Gasteiger partial charge in [-0.3, -0.25) is 9.59 Å². The van der Waals surface area contributed by atoms with E-state index in [1.54, 1.807) is 0 Å². The van der Waals surface area contributed by atoms with Gasteiger partial charge in [-0.1, -0.05) is 130 Å². The first-order valence-corrected chi connectivity index (χ1v) is 17.1. The van der Waals surface area contributed by atoms with Gasteiger partial charge in [0.05, 0.1) is 0 Å². The number of aryl methyl sites for hydroxylation is 1. The molecular weight excluding hydrogens is 494 g/mol. The zero-order valence-electron chi connectivity index (χ0n) is 26.6. The second-order valence-corrected chi connectivity index (χ2v) is 11.9. The molecule has 2 amide bonds. The van der Waals surface area contributed by atoms with Crippen LogP contribution < -0.4 is 15.2 Å². The molecule has 1 rings (SSSR count). The van der Waals surface area contributed by atoms with E-state index in [-0.39, 0.29) is 17.7 Å². The lowest BCUT2D eigenvalue weighted by Gasteiger charge is -2.23. The van der Waals surface area contributed by atoms with E-state index in [2.05, 4.69) is 48.4 Å². The van der Waals surface area contributed by atoms with Crippen LogP contribution in [0.1, 0.15) is 156 Å². The second-order valence-electron chi connectivity index (χ2n) is 11.9. The number of unbranched alkanes of at least 4 members (excludes halogenated alkanes) is 17. The third-order valence-corrected chi connectivity index (χ3v) is 8.24. The Morgan fingerprint density at radius 1 is 0.650 bits per heavy atom. The molecule has 1 heterocycles. The van der Waals surface area contributed by atoms with Gasteiger partial charge in [-0.15, -0.1) is 0 Å². The summed E-state index contributed by atoms with van der Waals surface area (Å²) in [4.78, 5) is 25.4. The first kappa shape index (κ1) is 36.1. The molecule has 5 nitrogen and oxygen atoms in total. The van der Waals surface area contributed by atoms with Crippen LogP contribution in [0, 0.1) is 5.92 Å². The van der Waals surface area contributed by atoms with Crippen LogP contribution in [0.15, 0.2) is 30.6 Å². The minimum atomic E-state index is -0.432. The molecule has 0 fully saturated rings. The summed E-state index contributed by atoms with van der Waals surface area (Å²) in [5, 5.41) is 6.12. The van der Waals surface area contributed by atoms with E-state index in [4.69, 9.17) is 0 Å². The number of carbonyl (C=O) groups is 2. The van der Waals surface area contributed by atoms with Crippen LogP contribution in [0.3, 0.4) is 0 Å². The fraction of sp³-hybridized carbons (Fsp3) is 0.800. The average molecular weight is 559 g/mol. The fourth-order valence-corrected chi connectivity index (χ4v) is 5.28. The lowest BCUT2D eigenvalue weighted by Crippen LogP contribution is -2.50. The third-order valence-electron chi connectivity index (χ3n) is 8.24. The summed E-state index contributed by atoms with van der Waals surface area (Å²) < 4.78 is 2.17. The van der Waals surface area contributed by atoms with Gasteiger partial charge in [0.2, 0.25) is 11.8 Å². The van der Waals surface area contributed by atoms with E-state index in [1.165, 1.54) is 96.3 Å². The minimum absolute atomic E-state index is 0.00442. The summed E-state index contributed by atoms with van der Waals surface area (Å²) in [7, 11) is 0. The molecule has 0 saturated carbocycles. The van der Waals surface area contributed by atoms with Gasteiger partial charge in [0.25, 0.3) is 0 Å². The van der Waals surface area contributed by atoms with Crippen LogP contribution in [0.2, 0.25) is 0 Å². The number of pyridine rings is 1. The minimum Gasteiger partial charge on any atom is -0.354 e. The van der Waals surface area contributed by atoms with Gasteiger partial charge in [0, 0.05) is 31.5 Å². The third kappa shape index (κ3) is 20.0. The van der Waals surface area contributed by atoms with E-state index < -0.39 is 6.04 Å². The van der Waals surface area contributed by atoms with Gasteiger partial charge in [-0.25, -0.2) is 4.57 Å². The van der Waals surface area contributed by atoms with E-state index >= 15 is 0 Å². The maximum absolute atomic E-state index is 12.8. The number of nitrogens with zero attached hydrogens (tertiary/aromatic N) is 1. The summed E-state index contributed by atoms with van der Waals surface area (Å²) in [5.74, 6) is 0.101. The van der Waals surface area contributed by atoms with Crippen molar-refractivity contribution in [1.82, 2.24) is 10.6 Å². The SMILES string of the molecule is CCCCCCCCCCCCCCCCCCNC(=O)[C@@H](NC(=O)CCCCC[n+]1ccccc1)[C@@H](C)CC. The van der Waals surface area contributed by atoms with Crippen molar-refractivity contribution in [2.45, 2.75) is 168 Å². The Bertz CT molecular complexity index is 725. The van der Waals surface area contributed by atoms with Crippen molar-refractivity contribution in [3.8, 4) is 0 Å². The molecule has 1 aromatic heterocycles. The van der Waals surface area contributed by atoms with E-state index in [9.17, 15) is 9.59 Å². The highest BCUT2D eigenvalue weighted by Gasteiger charge is 2.25. The predicted molar refractivity (Wildman–Crippen MR) is 169 cm³/mol. The summed E-state index contributed by atoms with van der Waals surface area (Å²) in [6.45, 7) is 8.09. The van der Waals surface area contributed by atoms with Crippen LogP contribution in [0.5, 0.6) is 0 Å². The number of hydrogen-bond acceptors (Lipinski definition) is 2. The summed E-state index contributed by atoms with van der Waals surface area (Å²) in [6, 6.07) is 5.66. The molecule has 0 aliphatic heterocycles. The molecule has 2 atom stereocenters. The van der Waals surface area contributed by atoms with Crippen molar-refractivity contribution in [3.63, 3.8) is 0 Å². The number of nitrogens with one attached hydrogen (secondary N) is 2. The Morgan fingerprint density at radius 3 is 1.68 bits per heavy atom. The Kier molecular flexibility index (Phi) is 23.5. The lowest BCUT2D eigenvalue weighted by atomic mass is 9.98. The highest BCUT2D eigenvalue weighted by molar-refractivity contribution is 5.87. The Morgan fingerprint density at radius 2 is 1.15 bits per heavy atom. The molecule has 0 aromatic carbocycles. The van der Waals surface area contributed by atoms with Gasteiger partial charge < -0.3 is 10.6 Å². The molecule has 1 aromatic rings. The van der Waals surface area contributed by atoms with E-state index in [0.717, 1.165) is 38.6 Å². The lowest BCUT2D eigenvalue weighted by molar-refractivity contribution is -0.697. The molecule has 0 radical (unpaired) electrons. The molecule has 230 valence electrons. The van der Waals surface area contributed by atoms with Crippen molar-refractivity contribution in [3.05, 3.63) is 30.6 Å². The van der Waals surface area contributed by atoms with Crippen molar-refractivity contribution in [1.29, 1.82) is 0 Å². The fourth-order valence-electron chi connectivity index (χ4n) is 5.28. The maximum Gasteiger partial charge on any atom is 0.242 e. The number of amides is 2. The van der Waals surface area contributed by atoms with E-state index in [1.807, 2.05) is 18.2 Å². The summed E-state index contributed by atoms with van der Waals surface area (Å²) in [5.41, 5.74) is 0. The smallest absolute Gasteiger partial charge is 0.242 e. The average Bonchev–Trinajstić information content (AvgIpc) is 2.97. The molecule has 0 aliphatic carbocycles. The number of hydrogen-bond donors (Lipinski definition) is 2. The van der Waals surface area contributed by atoms with Crippen molar-refractivity contribution in [2.24, 2.45) is 5.92 Å². The molecular formula is C35H64N3O2+.